The van der Waals surface area contributed by atoms with Crippen molar-refractivity contribution >= 4 is 11.3 Å². The molecular weight excluding hydrogens is 186 g/mol. The Labute approximate surface area is 71.7 Å². The number of halogens is 2. The van der Waals surface area contributed by atoms with Crippen LogP contribution in [-0.2, 0) is 0 Å². The van der Waals surface area contributed by atoms with Crippen molar-refractivity contribution in [2.45, 2.75) is 5.92 Å². The Bertz CT molecular complexity index is 260. The zero-order valence-electron chi connectivity index (χ0n) is 6.05. The number of fused-ring (bicyclic) bond motifs is 1. The molecule has 0 bridgehead atoms. The van der Waals surface area contributed by atoms with Crippen LogP contribution in [0.15, 0.2) is 10.8 Å². The highest BCUT2D eigenvalue weighted by Crippen LogP contribution is 2.35. The van der Waals surface area contributed by atoms with E-state index in [1.54, 1.807) is 10.8 Å². The minimum absolute atomic E-state index is 0.414. The van der Waals surface area contributed by atoms with Crippen molar-refractivity contribution in [3.8, 4) is 11.5 Å². The summed E-state index contributed by atoms with van der Waals surface area (Å²) in [6.07, 6.45) is 0. The van der Waals surface area contributed by atoms with Gasteiger partial charge in [0.1, 0.15) is 0 Å². The van der Waals surface area contributed by atoms with Gasteiger partial charge in [-0.1, -0.05) is 0 Å². The van der Waals surface area contributed by atoms with E-state index in [4.69, 9.17) is 9.47 Å². The van der Waals surface area contributed by atoms with Gasteiger partial charge in [0.25, 0.3) is 0 Å². The van der Waals surface area contributed by atoms with Gasteiger partial charge in [0.15, 0.2) is 24.7 Å². The van der Waals surface area contributed by atoms with Crippen molar-refractivity contribution in [2.75, 3.05) is 13.2 Å². The molecule has 1 aromatic rings. The Morgan fingerprint density at radius 3 is 2.17 bits per heavy atom. The van der Waals surface area contributed by atoms with E-state index in [9.17, 15) is 8.78 Å². The maximum Gasteiger partial charge on any atom is 0.314 e. The Hall–Kier alpha value is -0.840. The largest absolute Gasteiger partial charge is 0.482 e. The van der Waals surface area contributed by atoms with Crippen LogP contribution in [0, 0.1) is 0 Å². The molecule has 66 valence electrons. The number of rotatable bonds is 0. The van der Waals surface area contributed by atoms with Crippen LogP contribution in [0.25, 0.3) is 0 Å². The Balaban J connectivity index is 2.21. The maximum absolute atomic E-state index is 12.7. The van der Waals surface area contributed by atoms with Crippen molar-refractivity contribution in [1.29, 1.82) is 0 Å². The SMILES string of the molecule is FC1(F)COc2cscc2OC1. The molecule has 1 aliphatic heterocycles. The molecule has 0 spiro atoms. The quantitative estimate of drug-likeness (QED) is 0.627. The number of ether oxygens (including phenoxy) is 2. The summed E-state index contributed by atoms with van der Waals surface area (Å²) in [5, 5.41) is 3.30. The topological polar surface area (TPSA) is 18.5 Å². The third-order valence-electron chi connectivity index (χ3n) is 1.47. The van der Waals surface area contributed by atoms with Crippen LogP contribution >= 0.6 is 11.3 Å². The molecule has 0 aromatic carbocycles. The van der Waals surface area contributed by atoms with Gasteiger partial charge in [0.2, 0.25) is 0 Å². The lowest BCUT2D eigenvalue weighted by Crippen LogP contribution is -2.30. The first kappa shape index (κ1) is 7.79. The minimum Gasteiger partial charge on any atom is -0.482 e. The average molecular weight is 192 g/mol. The lowest BCUT2D eigenvalue weighted by atomic mass is 10.4. The van der Waals surface area contributed by atoms with Crippen LogP contribution in [0.3, 0.4) is 0 Å². The Kier molecular flexibility index (Phi) is 1.68. The van der Waals surface area contributed by atoms with Gasteiger partial charge < -0.3 is 9.47 Å². The summed E-state index contributed by atoms with van der Waals surface area (Å²) in [7, 11) is 0. The van der Waals surface area contributed by atoms with Gasteiger partial charge in [-0.3, -0.25) is 0 Å². The highest BCUT2D eigenvalue weighted by atomic mass is 32.1. The molecule has 2 nitrogen and oxygen atoms in total. The fourth-order valence-corrected chi connectivity index (χ4v) is 1.58. The molecule has 1 aromatic heterocycles. The predicted octanol–water partition coefficient (Wildman–Crippen LogP) is 2.15. The second kappa shape index (κ2) is 2.58. The third kappa shape index (κ3) is 1.36. The van der Waals surface area contributed by atoms with E-state index in [1.165, 1.54) is 11.3 Å². The summed E-state index contributed by atoms with van der Waals surface area (Å²) < 4.78 is 35.0. The molecule has 0 fully saturated rings. The first-order valence-electron chi connectivity index (χ1n) is 3.37. The van der Waals surface area contributed by atoms with Gasteiger partial charge >= 0.3 is 5.92 Å². The second-order valence-electron chi connectivity index (χ2n) is 2.53. The van der Waals surface area contributed by atoms with Crippen LogP contribution in [0.1, 0.15) is 0 Å². The summed E-state index contributed by atoms with van der Waals surface area (Å²) in [6, 6.07) is 0. The molecule has 0 saturated carbocycles. The van der Waals surface area contributed by atoms with Crippen molar-refractivity contribution < 1.29 is 18.3 Å². The summed E-state index contributed by atoms with van der Waals surface area (Å²) in [5.41, 5.74) is 0. The fraction of sp³-hybridized carbons (Fsp3) is 0.429. The molecule has 0 N–H and O–H groups in total. The average Bonchev–Trinajstić information content (AvgIpc) is 2.40. The lowest BCUT2D eigenvalue weighted by Gasteiger charge is -2.10. The smallest absolute Gasteiger partial charge is 0.314 e. The molecular formula is C7H6F2O2S. The Morgan fingerprint density at radius 2 is 1.67 bits per heavy atom. The molecule has 12 heavy (non-hydrogen) atoms. The minimum atomic E-state index is -2.88. The van der Waals surface area contributed by atoms with Gasteiger partial charge in [-0.15, -0.1) is 11.3 Å². The number of hydrogen-bond donors (Lipinski definition) is 0. The summed E-state index contributed by atoms with van der Waals surface area (Å²) in [4.78, 5) is 0. The molecule has 0 saturated heterocycles. The van der Waals surface area contributed by atoms with Crippen LogP contribution in [0.4, 0.5) is 8.78 Å². The highest BCUT2D eigenvalue weighted by Gasteiger charge is 2.34. The first-order valence-corrected chi connectivity index (χ1v) is 4.31. The van der Waals surface area contributed by atoms with Crippen molar-refractivity contribution in [3.05, 3.63) is 10.8 Å². The molecule has 0 aliphatic carbocycles. The van der Waals surface area contributed by atoms with Gasteiger partial charge in [-0.25, -0.2) is 0 Å². The van der Waals surface area contributed by atoms with E-state index in [2.05, 4.69) is 0 Å². The molecule has 2 rings (SSSR count). The van der Waals surface area contributed by atoms with E-state index in [0.29, 0.717) is 11.5 Å². The van der Waals surface area contributed by atoms with E-state index < -0.39 is 19.1 Å². The van der Waals surface area contributed by atoms with Crippen LogP contribution in [0.5, 0.6) is 11.5 Å². The van der Waals surface area contributed by atoms with Crippen molar-refractivity contribution in [1.82, 2.24) is 0 Å². The van der Waals surface area contributed by atoms with Crippen LogP contribution in [0.2, 0.25) is 0 Å². The fourth-order valence-electron chi connectivity index (χ4n) is 0.892. The zero-order valence-corrected chi connectivity index (χ0v) is 6.87. The van der Waals surface area contributed by atoms with E-state index in [-0.39, 0.29) is 0 Å². The van der Waals surface area contributed by atoms with Crippen LogP contribution < -0.4 is 9.47 Å². The highest BCUT2D eigenvalue weighted by molar-refractivity contribution is 7.08. The monoisotopic (exact) mass is 192 g/mol. The molecule has 0 amide bonds. The molecule has 0 atom stereocenters. The molecule has 1 aliphatic rings. The predicted molar refractivity (Wildman–Crippen MR) is 40.3 cm³/mol. The van der Waals surface area contributed by atoms with E-state index >= 15 is 0 Å². The standard InChI is InChI=1S/C7H6F2O2S/c8-7(9)3-10-5-1-12-2-6(5)11-4-7/h1-2H,3-4H2. The number of thiophene rings is 1. The van der Waals surface area contributed by atoms with E-state index in [0.717, 1.165) is 0 Å². The van der Waals surface area contributed by atoms with Gasteiger partial charge in [0, 0.05) is 10.8 Å². The van der Waals surface area contributed by atoms with Gasteiger partial charge in [0.05, 0.1) is 0 Å². The molecule has 2 heterocycles. The normalized spacial score (nSPS) is 20.2. The maximum atomic E-state index is 12.7. The summed E-state index contributed by atoms with van der Waals surface area (Å²) in [6.45, 7) is -1.20. The zero-order chi connectivity index (χ0) is 8.60. The van der Waals surface area contributed by atoms with Gasteiger partial charge in [-0.05, 0) is 0 Å². The Morgan fingerprint density at radius 1 is 1.17 bits per heavy atom. The van der Waals surface area contributed by atoms with E-state index in [1.807, 2.05) is 0 Å². The van der Waals surface area contributed by atoms with Crippen molar-refractivity contribution in [2.24, 2.45) is 0 Å². The second-order valence-corrected chi connectivity index (χ2v) is 3.28. The van der Waals surface area contributed by atoms with Crippen molar-refractivity contribution in [3.63, 3.8) is 0 Å². The van der Waals surface area contributed by atoms with Gasteiger partial charge in [-0.2, -0.15) is 8.78 Å². The molecule has 0 radical (unpaired) electrons. The molecule has 0 unspecified atom stereocenters. The number of alkyl halides is 2. The first-order chi connectivity index (χ1) is 5.67. The lowest BCUT2D eigenvalue weighted by molar-refractivity contribution is -0.0622. The number of hydrogen-bond acceptors (Lipinski definition) is 3. The summed E-state index contributed by atoms with van der Waals surface area (Å²) in [5.74, 6) is -2.05. The van der Waals surface area contributed by atoms with Crippen LogP contribution in [-0.4, -0.2) is 19.1 Å². The third-order valence-corrected chi connectivity index (χ3v) is 2.17. The summed E-state index contributed by atoms with van der Waals surface area (Å²) >= 11 is 1.37. The molecule has 5 heteroatoms.